The number of carbonyl (C=O) groups excluding carboxylic acids is 1. The van der Waals surface area contributed by atoms with Gasteiger partial charge in [-0.2, -0.15) is 9.78 Å². The largest absolute Gasteiger partial charge is 0.453 e. The number of likely N-dealkylation sites (N-methyl/N-ethyl adjacent to an activating group) is 1. The Labute approximate surface area is 236 Å². The van der Waals surface area contributed by atoms with Crippen LogP contribution in [-0.2, 0) is 0 Å². The molecule has 1 aliphatic rings. The molecule has 2 heterocycles. The van der Waals surface area contributed by atoms with E-state index >= 15 is 0 Å². The number of amides is 1. The van der Waals surface area contributed by atoms with Crippen LogP contribution in [0.5, 0.6) is 11.5 Å². The van der Waals surface area contributed by atoms with Gasteiger partial charge >= 0.3 is 0 Å². The first-order valence-corrected chi connectivity index (χ1v) is 13.2. The summed E-state index contributed by atoms with van der Waals surface area (Å²) in [6, 6.07) is 19.4. The molecule has 0 aliphatic carbocycles. The molecule has 1 saturated heterocycles. The Hall–Kier alpha value is -3.85. The van der Waals surface area contributed by atoms with E-state index in [1.54, 1.807) is 42.5 Å². The fourth-order valence-corrected chi connectivity index (χ4v) is 4.49. The summed E-state index contributed by atoms with van der Waals surface area (Å²) in [5.74, 6) is 0.798. The number of halogens is 2. The van der Waals surface area contributed by atoms with Gasteiger partial charge in [0, 0.05) is 37.4 Å². The normalized spacial score (nSPS) is 13.8. The Morgan fingerprint density at radius 1 is 0.923 bits per heavy atom. The molecule has 4 aromatic rings. The van der Waals surface area contributed by atoms with Gasteiger partial charge in [-0.1, -0.05) is 40.9 Å². The Kier molecular flexibility index (Phi) is 7.88. The zero-order valence-corrected chi connectivity index (χ0v) is 23.0. The topological polar surface area (TPSA) is 79.7 Å². The quantitative estimate of drug-likeness (QED) is 0.320. The van der Waals surface area contributed by atoms with Crippen molar-refractivity contribution in [2.45, 2.75) is 6.92 Å². The maximum atomic E-state index is 13.7. The number of hydrogen-bond donors (Lipinski definition) is 1. The summed E-state index contributed by atoms with van der Waals surface area (Å²) < 4.78 is 7.27. The number of piperazine rings is 1. The monoisotopic (exact) mass is 563 g/mol. The lowest BCUT2D eigenvalue weighted by Gasteiger charge is -2.32. The van der Waals surface area contributed by atoms with Crippen molar-refractivity contribution < 1.29 is 9.53 Å². The van der Waals surface area contributed by atoms with Gasteiger partial charge in [0.15, 0.2) is 11.4 Å². The van der Waals surface area contributed by atoms with Crippen molar-refractivity contribution in [3.05, 3.63) is 104 Å². The van der Waals surface area contributed by atoms with Gasteiger partial charge in [-0.15, -0.1) is 0 Å². The first-order chi connectivity index (χ1) is 18.8. The van der Waals surface area contributed by atoms with Crippen molar-refractivity contribution in [3.8, 4) is 17.2 Å². The van der Waals surface area contributed by atoms with Crippen LogP contribution in [0.1, 0.15) is 15.9 Å². The third kappa shape index (κ3) is 6.09. The first-order valence-electron chi connectivity index (χ1n) is 12.5. The summed E-state index contributed by atoms with van der Waals surface area (Å²) in [4.78, 5) is 30.7. The van der Waals surface area contributed by atoms with Crippen molar-refractivity contribution in [1.82, 2.24) is 19.6 Å². The predicted octanol–water partition coefficient (Wildman–Crippen LogP) is 5.77. The molecular weight excluding hydrogens is 537 g/mol. The summed E-state index contributed by atoms with van der Waals surface area (Å²) in [5, 5.41) is 8.16. The van der Waals surface area contributed by atoms with Gasteiger partial charge in [-0.25, -0.2) is 0 Å². The molecule has 1 aromatic heterocycles. The highest BCUT2D eigenvalue weighted by molar-refractivity contribution is 6.42. The summed E-state index contributed by atoms with van der Waals surface area (Å²) in [6.45, 7) is 5.07. The van der Waals surface area contributed by atoms with Crippen molar-refractivity contribution in [2.75, 3.05) is 38.5 Å². The molecule has 1 aliphatic heterocycles. The molecule has 5 rings (SSSR count). The summed E-state index contributed by atoms with van der Waals surface area (Å²) in [6.07, 6.45) is 1.47. The van der Waals surface area contributed by atoms with Gasteiger partial charge in [0.1, 0.15) is 5.75 Å². The number of nitrogens with one attached hydrogen (secondary N) is 1. The summed E-state index contributed by atoms with van der Waals surface area (Å²) in [5.41, 5.74) is 2.46. The zero-order valence-electron chi connectivity index (χ0n) is 21.5. The number of benzene rings is 3. The zero-order chi connectivity index (χ0) is 27.5. The molecule has 1 fully saturated rings. The number of aryl methyl sites for hydroxylation is 1. The van der Waals surface area contributed by atoms with E-state index in [4.69, 9.17) is 27.9 Å². The number of hydrogen-bond acceptors (Lipinski definition) is 6. The van der Waals surface area contributed by atoms with Crippen LogP contribution < -0.4 is 15.6 Å². The van der Waals surface area contributed by atoms with Gasteiger partial charge < -0.3 is 19.9 Å². The van der Waals surface area contributed by atoms with E-state index in [-0.39, 0.29) is 17.3 Å². The number of aromatic nitrogens is 2. The highest BCUT2D eigenvalue weighted by atomic mass is 35.5. The van der Waals surface area contributed by atoms with E-state index in [0.29, 0.717) is 45.8 Å². The van der Waals surface area contributed by atoms with E-state index in [9.17, 15) is 9.59 Å². The molecule has 1 amide bonds. The van der Waals surface area contributed by atoms with Crippen molar-refractivity contribution in [3.63, 3.8) is 0 Å². The molecule has 0 spiro atoms. The highest BCUT2D eigenvalue weighted by Gasteiger charge is 2.21. The van der Waals surface area contributed by atoms with E-state index in [2.05, 4.69) is 15.3 Å². The molecule has 8 nitrogen and oxygen atoms in total. The van der Waals surface area contributed by atoms with Crippen molar-refractivity contribution in [1.29, 1.82) is 0 Å². The minimum atomic E-state index is -0.449. The first kappa shape index (κ1) is 26.7. The second-order valence-electron chi connectivity index (χ2n) is 9.41. The fraction of sp³-hybridized carbons (Fsp3) is 0.207. The van der Waals surface area contributed by atoms with Crippen LogP contribution >= 0.6 is 23.2 Å². The minimum absolute atomic E-state index is 0.0103. The molecule has 0 saturated carbocycles. The average Bonchev–Trinajstić information content (AvgIpc) is 2.94. The van der Waals surface area contributed by atoms with Crippen LogP contribution in [0.2, 0.25) is 10.0 Å². The van der Waals surface area contributed by atoms with E-state index in [0.717, 1.165) is 18.7 Å². The Balaban J connectivity index is 1.46. The predicted molar refractivity (Wildman–Crippen MR) is 154 cm³/mol. The molecule has 3 aromatic carbocycles. The fourth-order valence-electron chi connectivity index (χ4n) is 4.20. The van der Waals surface area contributed by atoms with E-state index in [1.165, 1.54) is 10.9 Å². The molecule has 0 atom stereocenters. The van der Waals surface area contributed by atoms with E-state index < -0.39 is 5.56 Å². The number of nitrogens with zero attached hydrogens (tertiary/aromatic N) is 4. The maximum absolute atomic E-state index is 13.7. The number of rotatable bonds is 6. The number of anilines is 2. The number of carbonyl (C=O) groups is 1. The van der Waals surface area contributed by atoms with Crippen molar-refractivity contribution in [2.24, 2.45) is 0 Å². The maximum Gasteiger partial charge on any atom is 0.299 e. The van der Waals surface area contributed by atoms with Gasteiger partial charge in [-0.05, 0) is 68.6 Å². The smallest absolute Gasteiger partial charge is 0.299 e. The van der Waals surface area contributed by atoms with Crippen LogP contribution in [0.4, 0.5) is 11.4 Å². The van der Waals surface area contributed by atoms with Gasteiger partial charge in [0.2, 0.25) is 0 Å². The Morgan fingerprint density at radius 3 is 2.28 bits per heavy atom. The van der Waals surface area contributed by atoms with Crippen LogP contribution in [0, 0.1) is 6.92 Å². The number of ether oxygens (including phenoxy) is 1. The Bertz CT molecular complexity index is 1550. The lowest BCUT2D eigenvalue weighted by atomic mass is 10.1. The second kappa shape index (κ2) is 11.5. The van der Waals surface area contributed by atoms with Gasteiger partial charge in [-0.3, -0.25) is 9.59 Å². The molecule has 0 radical (unpaired) electrons. The van der Waals surface area contributed by atoms with Gasteiger partial charge in [0.05, 0.1) is 21.9 Å². The standard InChI is InChI=1S/C29H27Cl2N5O3/c1-19-3-10-23(11-4-19)39-26-18-32-36(22-9-12-24(30)25(31)17-22)29(38)27(26)33-21-7-5-20(6-8-21)28(37)35-15-13-34(2)14-16-35/h3-12,17-18,33H,13-16H2,1-2H3. The Morgan fingerprint density at radius 2 is 1.62 bits per heavy atom. The lowest BCUT2D eigenvalue weighted by Crippen LogP contribution is -2.47. The SMILES string of the molecule is Cc1ccc(Oc2cnn(-c3ccc(Cl)c(Cl)c3)c(=O)c2Nc2ccc(C(=O)N3CCN(C)CC3)cc2)cc1. The van der Waals surface area contributed by atoms with Crippen LogP contribution in [0.15, 0.2) is 77.7 Å². The van der Waals surface area contributed by atoms with E-state index in [1.807, 2.05) is 43.1 Å². The summed E-state index contributed by atoms with van der Waals surface area (Å²) in [7, 11) is 2.05. The summed E-state index contributed by atoms with van der Waals surface area (Å²) >= 11 is 12.3. The van der Waals surface area contributed by atoms with Gasteiger partial charge in [0.25, 0.3) is 11.5 Å². The molecule has 200 valence electrons. The molecule has 0 unspecified atom stereocenters. The van der Waals surface area contributed by atoms with Crippen LogP contribution in [-0.4, -0.2) is 58.7 Å². The second-order valence-corrected chi connectivity index (χ2v) is 10.2. The molecule has 1 N–H and O–H groups in total. The van der Waals surface area contributed by atoms with Crippen LogP contribution in [0.3, 0.4) is 0 Å². The molecular formula is C29H27Cl2N5O3. The molecule has 0 bridgehead atoms. The molecule has 39 heavy (non-hydrogen) atoms. The third-order valence-corrected chi connectivity index (χ3v) is 7.27. The lowest BCUT2D eigenvalue weighted by molar-refractivity contribution is 0.0664. The molecule has 10 heteroatoms. The third-order valence-electron chi connectivity index (χ3n) is 6.53. The highest BCUT2D eigenvalue weighted by Crippen LogP contribution is 2.30. The van der Waals surface area contributed by atoms with Crippen LogP contribution in [0.25, 0.3) is 5.69 Å². The minimum Gasteiger partial charge on any atom is -0.453 e. The average molecular weight is 564 g/mol. The van der Waals surface area contributed by atoms with Crippen molar-refractivity contribution >= 4 is 40.5 Å².